The van der Waals surface area contributed by atoms with E-state index in [1.807, 2.05) is 44.2 Å². The first-order valence-corrected chi connectivity index (χ1v) is 10.5. The predicted octanol–water partition coefficient (Wildman–Crippen LogP) is 0.440. The maximum absolute atomic E-state index is 13.3. The number of carbonyl (C=O) groups is 2. The molecule has 3 rings (SSSR count). The van der Waals surface area contributed by atoms with Crippen LogP contribution in [-0.2, 0) is 16.1 Å². The van der Waals surface area contributed by atoms with E-state index in [1.165, 1.54) is 6.20 Å². The molecule has 1 aliphatic rings. The number of hydrogen-bond donors (Lipinski definition) is 5. The molecule has 1 aliphatic heterocycles. The van der Waals surface area contributed by atoms with E-state index in [0.717, 1.165) is 5.56 Å². The van der Waals surface area contributed by atoms with Crippen molar-refractivity contribution in [2.24, 2.45) is 11.1 Å². The molecule has 0 saturated carbocycles. The minimum Gasteiger partial charge on any atom is -0.426 e. The number of nitrogens with one attached hydrogen (secondary N) is 3. The number of hydrogen-bond acceptors (Lipinski definition) is 7. The molecule has 32 heavy (non-hydrogen) atoms. The van der Waals surface area contributed by atoms with Crippen molar-refractivity contribution in [1.29, 1.82) is 0 Å². The fraction of sp³-hybridized carbons (Fsp3) is 0.429. The maximum Gasteiger partial charge on any atom is 0.475 e. The van der Waals surface area contributed by atoms with Crippen molar-refractivity contribution in [2.75, 3.05) is 6.54 Å². The van der Waals surface area contributed by atoms with Crippen LogP contribution < -0.4 is 10.6 Å². The van der Waals surface area contributed by atoms with Crippen molar-refractivity contribution < 1.29 is 24.5 Å². The largest absolute Gasteiger partial charge is 0.475 e. The standard InChI is InChI=1S/C21H28BN5O5/c1-14(2)10-18(22(30)31)25-20(29)21(11-15-6-4-3-5-7-15)12-16(27-32-21)13-23-19(28)17-8-9-24-26-17/h3-9,14,18,30-31H,10-13H2,1-2H3,(H,23,28)(H,24,26)(H,25,29)/t18-,21?/m0/s1. The van der Waals surface area contributed by atoms with Crippen LogP contribution in [0.5, 0.6) is 0 Å². The Bertz CT molecular complexity index is 935. The summed E-state index contributed by atoms with van der Waals surface area (Å²) in [5, 5.41) is 35.3. The van der Waals surface area contributed by atoms with Gasteiger partial charge in [0.25, 0.3) is 11.8 Å². The zero-order chi connectivity index (χ0) is 23.1. The summed E-state index contributed by atoms with van der Waals surface area (Å²) in [7, 11) is -1.70. The first kappa shape index (κ1) is 23.5. The molecule has 1 aromatic heterocycles. The van der Waals surface area contributed by atoms with Gasteiger partial charge in [-0.15, -0.1) is 0 Å². The number of benzene rings is 1. The highest BCUT2D eigenvalue weighted by Gasteiger charge is 2.48. The molecule has 170 valence electrons. The Morgan fingerprint density at radius 1 is 1.25 bits per heavy atom. The van der Waals surface area contributed by atoms with Crippen LogP contribution in [0.1, 0.15) is 42.7 Å². The predicted molar refractivity (Wildman–Crippen MR) is 119 cm³/mol. The van der Waals surface area contributed by atoms with E-state index >= 15 is 0 Å². The lowest BCUT2D eigenvalue weighted by molar-refractivity contribution is -0.144. The summed E-state index contributed by atoms with van der Waals surface area (Å²) < 4.78 is 0. The number of aromatic nitrogens is 2. The van der Waals surface area contributed by atoms with Gasteiger partial charge in [-0.2, -0.15) is 5.10 Å². The number of nitrogens with zero attached hydrogens (tertiary/aromatic N) is 2. The Hall–Kier alpha value is -3.18. The molecule has 2 amide bonds. The molecule has 1 aromatic carbocycles. The monoisotopic (exact) mass is 441 g/mol. The zero-order valence-corrected chi connectivity index (χ0v) is 18.1. The molecule has 2 aromatic rings. The topological polar surface area (TPSA) is 149 Å². The van der Waals surface area contributed by atoms with Crippen molar-refractivity contribution in [3.8, 4) is 0 Å². The average Bonchev–Trinajstić information content (AvgIpc) is 3.43. The fourth-order valence-electron chi connectivity index (χ4n) is 3.59. The smallest absolute Gasteiger partial charge is 0.426 e. The summed E-state index contributed by atoms with van der Waals surface area (Å²) in [6.07, 6.45) is 2.24. The first-order chi connectivity index (χ1) is 15.3. The third-order valence-corrected chi connectivity index (χ3v) is 5.19. The van der Waals surface area contributed by atoms with Crippen molar-refractivity contribution in [3.05, 3.63) is 53.9 Å². The SMILES string of the molecule is CC(C)C[C@H](NC(=O)C1(Cc2ccccc2)CC(CNC(=O)c2ccn[nH]2)=NO1)B(O)O. The molecule has 0 radical (unpaired) electrons. The van der Waals surface area contributed by atoms with Crippen LogP contribution in [0.25, 0.3) is 0 Å². The second-order valence-electron chi connectivity index (χ2n) is 8.36. The summed E-state index contributed by atoms with van der Waals surface area (Å²) in [4.78, 5) is 31.1. The highest BCUT2D eigenvalue weighted by molar-refractivity contribution is 6.43. The van der Waals surface area contributed by atoms with Crippen molar-refractivity contribution in [3.63, 3.8) is 0 Å². The number of H-pyrrole nitrogens is 1. The third-order valence-electron chi connectivity index (χ3n) is 5.19. The summed E-state index contributed by atoms with van der Waals surface area (Å²) in [6.45, 7) is 3.95. The summed E-state index contributed by atoms with van der Waals surface area (Å²) >= 11 is 0. The van der Waals surface area contributed by atoms with Crippen LogP contribution in [0.4, 0.5) is 0 Å². The Kier molecular flexibility index (Phi) is 7.65. The van der Waals surface area contributed by atoms with Gasteiger partial charge in [0.05, 0.1) is 18.2 Å². The van der Waals surface area contributed by atoms with Gasteiger partial charge < -0.3 is 25.5 Å². The number of rotatable bonds is 10. The van der Waals surface area contributed by atoms with E-state index in [-0.39, 0.29) is 31.2 Å². The molecule has 0 spiro atoms. The number of amides is 2. The van der Waals surface area contributed by atoms with Gasteiger partial charge in [-0.05, 0) is 24.0 Å². The van der Waals surface area contributed by atoms with E-state index in [1.54, 1.807) is 6.07 Å². The molecule has 11 heteroatoms. The maximum atomic E-state index is 13.3. The Morgan fingerprint density at radius 2 is 2.00 bits per heavy atom. The van der Waals surface area contributed by atoms with Crippen molar-refractivity contribution in [2.45, 2.75) is 44.7 Å². The lowest BCUT2D eigenvalue weighted by atomic mass is 9.74. The lowest BCUT2D eigenvalue weighted by Gasteiger charge is -2.29. The highest BCUT2D eigenvalue weighted by Crippen LogP contribution is 2.29. The van der Waals surface area contributed by atoms with Crippen molar-refractivity contribution in [1.82, 2.24) is 20.8 Å². The zero-order valence-electron chi connectivity index (χ0n) is 18.1. The Balaban J connectivity index is 1.72. The summed E-state index contributed by atoms with van der Waals surface area (Å²) in [5.74, 6) is -1.54. The summed E-state index contributed by atoms with van der Waals surface area (Å²) in [5.41, 5.74) is 0.310. The molecule has 2 heterocycles. The van der Waals surface area contributed by atoms with Gasteiger partial charge in [0.15, 0.2) is 0 Å². The van der Waals surface area contributed by atoms with Gasteiger partial charge in [-0.3, -0.25) is 14.7 Å². The summed E-state index contributed by atoms with van der Waals surface area (Å²) in [6, 6.07) is 10.9. The van der Waals surface area contributed by atoms with Gasteiger partial charge >= 0.3 is 7.12 Å². The van der Waals surface area contributed by atoms with E-state index < -0.39 is 24.6 Å². The van der Waals surface area contributed by atoms with Gasteiger partial charge in [-0.25, -0.2) is 0 Å². The Labute approximate surface area is 186 Å². The minimum absolute atomic E-state index is 0.0969. The normalized spacial score (nSPS) is 18.6. The Morgan fingerprint density at radius 3 is 2.62 bits per heavy atom. The molecule has 1 unspecified atom stereocenters. The molecule has 10 nitrogen and oxygen atoms in total. The van der Waals surface area contributed by atoms with Crippen molar-refractivity contribution >= 4 is 24.6 Å². The molecule has 0 fully saturated rings. The van der Waals surface area contributed by atoms with Gasteiger partial charge in [0, 0.05) is 19.0 Å². The molecule has 0 aliphatic carbocycles. The van der Waals surface area contributed by atoms with Crippen LogP contribution in [-0.4, -0.2) is 63.0 Å². The number of carbonyl (C=O) groups excluding carboxylic acids is 2. The molecule has 0 saturated heterocycles. The van der Waals surface area contributed by atoms with E-state index in [2.05, 4.69) is 26.0 Å². The van der Waals surface area contributed by atoms with Gasteiger partial charge in [-0.1, -0.05) is 49.3 Å². The van der Waals surface area contributed by atoms with E-state index in [9.17, 15) is 19.6 Å². The number of oxime groups is 1. The average molecular weight is 441 g/mol. The number of aromatic amines is 1. The van der Waals surface area contributed by atoms with Crippen LogP contribution in [0, 0.1) is 5.92 Å². The lowest BCUT2D eigenvalue weighted by Crippen LogP contribution is -2.56. The molecule has 2 atom stereocenters. The fourth-order valence-corrected chi connectivity index (χ4v) is 3.59. The quantitative estimate of drug-likeness (QED) is 0.338. The molecular formula is C21H28BN5O5. The first-order valence-electron chi connectivity index (χ1n) is 10.5. The second-order valence-corrected chi connectivity index (χ2v) is 8.36. The van der Waals surface area contributed by atoms with Crippen LogP contribution >= 0.6 is 0 Å². The highest BCUT2D eigenvalue weighted by atomic mass is 16.7. The second kappa shape index (κ2) is 10.4. The van der Waals surface area contributed by atoms with E-state index in [4.69, 9.17) is 4.84 Å². The van der Waals surface area contributed by atoms with Crippen LogP contribution in [0.15, 0.2) is 47.8 Å². The van der Waals surface area contributed by atoms with E-state index in [0.29, 0.717) is 17.8 Å². The van der Waals surface area contributed by atoms with Gasteiger partial charge in [0.2, 0.25) is 5.60 Å². The van der Waals surface area contributed by atoms with Gasteiger partial charge in [0.1, 0.15) is 5.69 Å². The van der Waals surface area contributed by atoms with Crippen LogP contribution in [0.2, 0.25) is 0 Å². The molecule has 5 N–H and O–H groups in total. The molecule has 0 bridgehead atoms. The molecular weight excluding hydrogens is 413 g/mol. The third kappa shape index (κ3) is 5.95. The van der Waals surface area contributed by atoms with Crippen LogP contribution in [0.3, 0.4) is 0 Å². The minimum atomic E-state index is -1.70.